The topological polar surface area (TPSA) is 29.0 Å². The molecular formula is C15H19N3. The van der Waals surface area contributed by atoms with Gasteiger partial charge in [0, 0.05) is 24.5 Å². The molecule has 2 rings (SSSR count). The lowest BCUT2D eigenvalue weighted by molar-refractivity contribution is 0.311. The Bertz CT molecular complexity index is 475. The maximum Gasteiger partial charge on any atom is 0.0547 e. The van der Waals surface area contributed by atoms with E-state index in [0.29, 0.717) is 0 Å². The molecule has 94 valence electrons. The van der Waals surface area contributed by atoms with E-state index >= 15 is 0 Å². The molecular weight excluding hydrogens is 222 g/mol. The van der Waals surface area contributed by atoms with E-state index in [1.54, 1.807) is 0 Å². The molecule has 18 heavy (non-hydrogen) atoms. The summed E-state index contributed by atoms with van der Waals surface area (Å²) in [5.41, 5.74) is 4.33. The van der Waals surface area contributed by atoms with Crippen LogP contribution in [0, 0.1) is 13.8 Å². The number of hydrogen-bond acceptors (Lipinski definition) is 3. The van der Waals surface area contributed by atoms with E-state index in [1.165, 1.54) is 0 Å². The van der Waals surface area contributed by atoms with Crippen LogP contribution in [0.1, 0.15) is 22.8 Å². The smallest absolute Gasteiger partial charge is 0.0547 e. The maximum absolute atomic E-state index is 4.51. The van der Waals surface area contributed by atoms with Gasteiger partial charge in [-0.15, -0.1) is 0 Å². The van der Waals surface area contributed by atoms with Crippen LogP contribution in [0.5, 0.6) is 0 Å². The van der Waals surface area contributed by atoms with Crippen LogP contribution in [-0.4, -0.2) is 21.9 Å². The number of nitrogens with zero attached hydrogens (tertiary/aromatic N) is 3. The van der Waals surface area contributed by atoms with Crippen molar-refractivity contribution in [2.75, 3.05) is 7.05 Å². The summed E-state index contributed by atoms with van der Waals surface area (Å²) in [4.78, 5) is 11.2. The van der Waals surface area contributed by atoms with Gasteiger partial charge in [-0.3, -0.25) is 14.9 Å². The van der Waals surface area contributed by atoms with Gasteiger partial charge in [0.1, 0.15) is 0 Å². The Morgan fingerprint density at radius 1 is 0.833 bits per heavy atom. The van der Waals surface area contributed by atoms with Gasteiger partial charge >= 0.3 is 0 Å². The average Bonchev–Trinajstić information content (AvgIpc) is 2.28. The Kier molecular flexibility index (Phi) is 4.05. The lowest BCUT2D eigenvalue weighted by Crippen LogP contribution is -2.18. The number of pyridine rings is 2. The highest BCUT2D eigenvalue weighted by atomic mass is 15.1. The Morgan fingerprint density at radius 2 is 1.28 bits per heavy atom. The van der Waals surface area contributed by atoms with Crippen molar-refractivity contribution < 1.29 is 0 Å². The molecule has 0 saturated carbocycles. The second-order valence-corrected chi connectivity index (χ2v) is 4.71. The van der Waals surface area contributed by atoms with Crippen molar-refractivity contribution in [3.63, 3.8) is 0 Å². The fourth-order valence-corrected chi connectivity index (χ4v) is 1.98. The van der Waals surface area contributed by atoms with Gasteiger partial charge in [-0.2, -0.15) is 0 Å². The van der Waals surface area contributed by atoms with Gasteiger partial charge in [0.15, 0.2) is 0 Å². The van der Waals surface area contributed by atoms with E-state index in [2.05, 4.69) is 46.2 Å². The van der Waals surface area contributed by atoms with Crippen molar-refractivity contribution in [1.29, 1.82) is 0 Å². The van der Waals surface area contributed by atoms with Crippen molar-refractivity contribution >= 4 is 0 Å². The zero-order valence-corrected chi connectivity index (χ0v) is 11.2. The van der Waals surface area contributed by atoms with Crippen molar-refractivity contribution in [1.82, 2.24) is 14.9 Å². The minimum atomic E-state index is 0.845. The molecule has 0 radical (unpaired) electrons. The van der Waals surface area contributed by atoms with Crippen LogP contribution in [-0.2, 0) is 13.1 Å². The fraction of sp³-hybridized carbons (Fsp3) is 0.333. The van der Waals surface area contributed by atoms with Gasteiger partial charge in [0.05, 0.1) is 11.4 Å². The molecule has 0 fully saturated rings. The number of rotatable bonds is 4. The molecule has 0 aliphatic rings. The fourth-order valence-electron chi connectivity index (χ4n) is 1.98. The largest absolute Gasteiger partial charge is 0.295 e. The summed E-state index contributed by atoms with van der Waals surface area (Å²) in [6.07, 6.45) is 0. The summed E-state index contributed by atoms with van der Waals surface area (Å²) >= 11 is 0. The average molecular weight is 241 g/mol. The Hall–Kier alpha value is -1.74. The Morgan fingerprint density at radius 3 is 1.67 bits per heavy atom. The highest BCUT2D eigenvalue weighted by Gasteiger charge is 2.04. The molecule has 0 aromatic carbocycles. The number of aryl methyl sites for hydroxylation is 2. The van der Waals surface area contributed by atoms with E-state index in [-0.39, 0.29) is 0 Å². The normalized spacial score (nSPS) is 10.9. The molecule has 0 amide bonds. The standard InChI is InChI=1S/C15H19N3/c1-12-6-4-8-14(16-12)10-18(3)11-15-9-5-7-13(2)17-15/h4-9H,10-11H2,1-3H3. The zero-order chi connectivity index (χ0) is 13.0. The monoisotopic (exact) mass is 241 g/mol. The van der Waals surface area contributed by atoms with Crippen LogP contribution < -0.4 is 0 Å². The summed E-state index contributed by atoms with van der Waals surface area (Å²) < 4.78 is 0. The first-order valence-corrected chi connectivity index (χ1v) is 6.17. The van der Waals surface area contributed by atoms with E-state index in [1.807, 2.05) is 26.0 Å². The third-order valence-corrected chi connectivity index (χ3v) is 2.76. The lowest BCUT2D eigenvalue weighted by atomic mass is 10.2. The van der Waals surface area contributed by atoms with Crippen LogP contribution in [0.15, 0.2) is 36.4 Å². The number of hydrogen-bond donors (Lipinski definition) is 0. The van der Waals surface area contributed by atoms with Crippen LogP contribution in [0.2, 0.25) is 0 Å². The molecule has 3 heteroatoms. The quantitative estimate of drug-likeness (QED) is 0.824. The summed E-state index contributed by atoms with van der Waals surface area (Å²) in [7, 11) is 2.09. The molecule has 0 atom stereocenters. The highest BCUT2D eigenvalue weighted by Crippen LogP contribution is 2.06. The molecule has 2 heterocycles. The van der Waals surface area contributed by atoms with Gasteiger partial charge in [0.2, 0.25) is 0 Å². The van der Waals surface area contributed by atoms with Gasteiger partial charge < -0.3 is 0 Å². The summed E-state index contributed by atoms with van der Waals surface area (Å²) in [6.45, 7) is 5.73. The van der Waals surface area contributed by atoms with Crippen LogP contribution >= 0.6 is 0 Å². The van der Waals surface area contributed by atoms with Crippen molar-refractivity contribution in [3.05, 3.63) is 59.2 Å². The minimum Gasteiger partial charge on any atom is -0.295 e. The molecule has 0 saturated heterocycles. The predicted molar refractivity (Wildman–Crippen MR) is 73.1 cm³/mol. The molecule has 0 aliphatic carbocycles. The zero-order valence-electron chi connectivity index (χ0n) is 11.2. The number of aromatic nitrogens is 2. The Labute approximate surface area is 109 Å². The van der Waals surface area contributed by atoms with Crippen molar-refractivity contribution in [2.24, 2.45) is 0 Å². The molecule has 3 nitrogen and oxygen atoms in total. The second-order valence-electron chi connectivity index (χ2n) is 4.71. The molecule has 0 spiro atoms. The van der Waals surface area contributed by atoms with E-state index in [0.717, 1.165) is 35.9 Å². The van der Waals surface area contributed by atoms with Crippen molar-refractivity contribution in [3.8, 4) is 0 Å². The van der Waals surface area contributed by atoms with Crippen molar-refractivity contribution in [2.45, 2.75) is 26.9 Å². The maximum atomic E-state index is 4.51. The third-order valence-electron chi connectivity index (χ3n) is 2.76. The summed E-state index contributed by atoms with van der Waals surface area (Å²) in [5, 5.41) is 0. The van der Waals surface area contributed by atoms with Gasteiger partial charge in [-0.25, -0.2) is 0 Å². The summed E-state index contributed by atoms with van der Waals surface area (Å²) in [5.74, 6) is 0. The molecule has 2 aromatic rings. The lowest BCUT2D eigenvalue weighted by Gasteiger charge is -2.16. The molecule has 0 bridgehead atoms. The van der Waals surface area contributed by atoms with Gasteiger partial charge in [-0.1, -0.05) is 12.1 Å². The van der Waals surface area contributed by atoms with E-state index in [4.69, 9.17) is 0 Å². The first-order valence-electron chi connectivity index (χ1n) is 6.17. The predicted octanol–water partition coefficient (Wildman–Crippen LogP) is 2.73. The van der Waals surface area contributed by atoms with Gasteiger partial charge in [-0.05, 0) is 45.2 Å². The van der Waals surface area contributed by atoms with Gasteiger partial charge in [0.25, 0.3) is 0 Å². The van der Waals surface area contributed by atoms with E-state index in [9.17, 15) is 0 Å². The SMILES string of the molecule is Cc1cccc(CN(C)Cc2cccc(C)n2)n1. The Balaban J connectivity index is 1.98. The second kappa shape index (κ2) is 5.74. The molecule has 0 aliphatic heterocycles. The van der Waals surface area contributed by atoms with E-state index < -0.39 is 0 Å². The third kappa shape index (κ3) is 3.64. The van der Waals surface area contributed by atoms with Crippen LogP contribution in [0.3, 0.4) is 0 Å². The minimum absolute atomic E-state index is 0.845. The molecule has 2 aromatic heterocycles. The van der Waals surface area contributed by atoms with Crippen LogP contribution in [0.25, 0.3) is 0 Å². The van der Waals surface area contributed by atoms with Crippen LogP contribution in [0.4, 0.5) is 0 Å². The molecule has 0 unspecified atom stereocenters. The first kappa shape index (κ1) is 12.7. The summed E-state index contributed by atoms with van der Waals surface area (Å²) in [6, 6.07) is 12.3. The highest BCUT2D eigenvalue weighted by molar-refractivity contribution is 5.11. The first-order chi connectivity index (χ1) is 8.63. The molecule has 0 N–H and O–H groups in total.